The molecule has 0 aromatic carbocycles. The first-order valence-electron chi connectivity index (χ1n) is 8.49. The SMILES string of the molecule is CCC[n+]1c(N)c(C(=O)NCCOC)cc2c(=O)n3ccccc3nc21. The summed E-state index contributed by atoms with van der Waals surface area (Å²) < 4.78 is 8.13. The van der Waals surface area contributed by atoms with Gasteiger partial charge in [0.2, 0.25) is 11.5 Å². The van der Waals surface area contributed by atoms with Crippen molar-refractivity contribution in [1.29, 1.82) is 0 Å². The van der Waals surface area contributed by atoms with Gasteiger partial charge in [-0.05, 0) is 24.6 Å². The molecule has 3 aromatic heterocycles. The topological polar surface area (TPSA) is 103 Å². The minimum atomic E-state index is -0.344. The maximum atomic E-state index is 12.9. The Morgan fingerprint density at radius 1 is 1.42 bits per heavy atom. The lowest BCUT2D eigenvalue weighted by atomic mass is 10.1. The van der Waals surface area contributed by atoms with E-state index in [-0.39, 0.29) is 17.0 Å². The number of aryl methyl sites for hydroxylation is 1. The smallest absolute Gasteiger partial charge is 0.278 e. The van der Waals surface area contributed by atoms with Crippen LogP contribution >= 0.6 is 0 Å². The Kier molecular flexibility index (Phi) is 5.13. The zero-order chi connectivity index (χ0) is 18.7. The minimum Gasteiger partial charge on any atom is -0.383 e. The van der Waals surface area contributed by atoms with Gasteiger partial charge in [-0.3, -0.25) is 14.0 Å². The van der Waals surface area contributed by atoms with E-state index < -0.39 is 0 Å². The molecule has 136 valence electrons. The van der Waals surface area contributed by atoms with Gasteiger partial charge in [-0.15, -0.1) is 0 Å². The molecule has 8 heteroatoms. The molecule has 26 heavy (non-hydrogen) atoms. The highest BCUT2D eigenvalue weighted by Crippen LogP contribution is 2.14. The van der Waals surface area contributed by atoms with Crippen molar-refractivity contribution in [3.05, 3.63) is 46.4 Å². The Morgan fingerprint density at radius 3 is 2.96 bits per heavy atom. The predicted octanol–water partition coefficient (Wildman–Crippen LogP) is 0.504. The van der Waals surface area contributed by atoms with Crippen LogP contribution in [0.3, 0.4) is 0 Å². The fourth-order valence-electron chi connectivity index (χ4n) is 2.89. The Bertz CT molecular complexity index is 1030. The Hall–Kier alpha value is -3.00. The molecule has 0 aliphatic rings. The molecule has 0 unspecified atom stereocenters. The van der Waals surface area contributed by atoms with Crippen molar-refractivity contribution >= 4 is 28.4 Å². The molecule has 0 fully saturated rings. The molecule has 3 heterocycles. The number of rotatable bonds is 6. The van der Waals surface area contributed by atoms with E-state index in [1.165, 1.54) is 10.5 Å². The van der Waals surface area contributed by atoms with Gasteiger partial charge in [-0.1, -0.05) is 18.0 Å². The number of nitrogens with zero attached hydrogens (tertiary/aromatic N) is 3. The molecule has 0 atom stereocenters. The number of pyridine rings is 2. The van der Waals surface area contributed by atoms with Crippen LogP contribution in [0.5, 0.6) is 0 Å². The first-order chi connectivity index (χ1) is 12.6. The van der Waals surface area contributed by atoms with Gasteiger partial charge in [-0.2, -0.15) is 0 Å². The number of anilines is 1. The number of ether oxygens (including phenoxy) is 1. The van der Waals surface area contributed by atoms with Gasteiger partial charge in [0.05, 0.1) is 13.2 Å². The Balaban J connectivity index is 2.25. The van der Waals surface area contributed by atoms with Gasteiger partial charge in [0.25, 0.3) is 17.1 Å². The molecule has 1 amide bonds. The van der Waals surface area contributed by atoms with E-state index in [0.29, 0.717) is 42.2 Å². The molecular formula is C18H22N5O3+. The number of hydrogen-bond donors (Lipinski definition) is 2. The molecule has 0 radical (unpaired) electrons. The predicted molar refractivity (Wildman–Crippen MR) is 98.1 cm³/mol. The normalized spacial score (nSPS) is 11.2. The number of aromatic nitrogens is 3. The summed E-state index contributed by atoms with van der Waals surface area (Å²) in [6.45, 7) is 3.30. The summed E-state index contributed by atoms with van der Waals surface area (Å²) in [7, 11) is 1.56. The van der Waals surface area contributed by atoms with Crippen molar-refractivity contribution in [2.45, 2.75) is 19.9 Å². The number of nitrogen functional groups attached to an aromatic ring is 1. The van der Waals surface area contributed by atoms with E-state index in [4.69, 9.17) is 10.5 Å². The van der Waals surface area contributed by atoms with Crippen LogP contribution in [0.1, 0.15) is 23.7 Å². The summed E-state index contributed by atoms with van der Waals surface area (Å²) in [4.78, 5) is 30.0. The monoisotopic (exact) mass is 356 g/mol. The second-order valence-electron chi connectivity index (χ2n) is 5.93. The molecule has 0 saturated heterocycles. The number of carbonyl (C=O) groups excluding carboxylic acids is 1. The maximum Gasteiger partial charge on any atom is 0.278 e. The highest BCUT2D eigenvalue weighted by molar-refractivity contribution is 6.00. The van der Waals surface area contributed by atoms with Crippen LogP contribution in [0.15, 0.2) is 35.3 Å². The summed E-state index contributed by atoms with van der Waals surface area (Å²) in [5.41, 5.74) is 7.30. The van der Waals surface area contributed by atoms with Gasteiger partial charge in [0, 0.05) is 19.9 Å². The van der Waals surface area contributed by atoms with E-state index in [2.05, 4.69) is 10.3 Å². The molecular weight excluding hydrogens is 334 g/mol. The van der Waals surface area contributed by atoms with Gasteiger partial charge in [0.1, 0.15) is 10.9 Å². The minimum absolute atomic E-state index is 0.235. The third-order valence-corrected chi connectivity index (χ3v) is 4.14. The largest absolute Gasteiger partial charge is 0.383 e. The molecule has 0 spiro atoms. The summed E-state index contributed by atoms with van der Waals surface area (Å²) in [5.74, 6) is -0.0506. The average molecular weight is 356 g/mol. The zero-order valence-corrected chi connectivity index (χ0v) is 14.9. The van der Waals surface area contributed by atoms with Crippen LogP contribution in [-0.2, 0) is 11.3 Å². The van der Waals surface area contributed by atoms with Crippen LogP contribution < -0.4 is 21.2 Å². The number of carbonyl (C=O) groups is 1. The van der Waals surface area contributed by atoms with E-state index >= 15 is 0 Å². The van der Waals surface area contributed by atoms with Gasteiger partial charge in [0.15, 0.2) is 0 Å². The Morgan fingerprint density at radius 2 is 2.23 bits per heavy atom. The Labute approximate surface area is 150 Å². The highest BCUT2D eigenvalue weighted by atomic mass is 16.5. The van der Waals surface area contributed by atoms with Crippen LogP contribution in [0.25, 0.3) is 16.7 Å². The number of hydrogen-bond acceptors (Lipinski definition) is 5. The van der Waals surface area contributed by atoms with E-state index in [0.717, 1.165) is 6.42 Å². The first-order valence-corrected chi connectivity index (χ1v) is 8.49. The third kappa shape index (κ3) is 3.11. The average Bonchev–Trinajstić information content (AvgIpc) is 2.64. The number of methoxy groups -OCH3 is 1. The first kappa shape index (κ1) is 17.8. The zero-order valence-electron chi connectivity index (χ0n) is 14.9. The molecule has 8 nitrogen and oxygen atoms in total. The van der Waals surface area contributed by atoms with Crippen molar-refractivity contribution in [2.24, 2.45) is 0 Å². The van der Waals surface area contributed by atoms with Crippen molar-refractivity contribution in [3.63, 3.8) is 0 Å². The molecule has 3 rings (SSSR count). The molecule has 0 bridgehead atoms. The summed E-state index contributed by atoms with van der Waals surface area (Å²) >= 11 is 0. The third-order valence-electron chi connectivity index (χ3n) is 4.14. The van der Waals surface area contributed by atoms with Crippen LogP contribution in [0.4, 0.5) is 5.82 Å². The van der Waals surface area contributed by atoms with Gasteiger partial charge < -0.3 is 15.8 Å². The second kappa shape index (κ2) is 7.49. The fourth-order valence-corrected chi connectivity index (χ4v) is 2.89. The van der Waals surface area contributed by atoms with Crippen molar-refractivity contribution in [1.82, 2.24) is 14.7 Å². The second-order valence-corrected chi connectivity index (χ2v) is 5.93. The summed E-state index contributed by atoms with van der Waals surface area (Å²) in [5, 5.41) is 3.10. The fraction of sp³-hybridized carbons (Fsp3) is 0.333. The molecule has 0 saturated carbocycles. The standard InChI is InChI=1S/C18H21N5O3/c1-3-8-23-15(19)12(17(24)20-7-10-26-2)11-13-16(23)21-14-6-4-5-9-22(14)18(13)25/h4-6,9,11,19H,3,7-8,10H2,1-2H3,(H,20,24)/p+1. The number of fused-ring (bicyclic) bond motifs is 2. The lowest BCUT2D eigenvalue weighted by Gasteiger charge is -2.11. The van der Waals surface area contributed by atoms with Crippen LogP contribution in [0, 0.1) is 0 Å². The summed E-state index contributed by atoms with van der Waals surface area (Å²) in [6, 6.07) is 6.86. The number of amides is 1. The van der Waals surface area contributed by atoms with E-state index in [9.17, 15) is 9.59 Å². The number of nitrogens with two attached hydrogens (primary N) is 1. The lowest BCUT2D eigenvalue weighted by molar-refractivity contribution is -0.658. The van der Waals surface area contributed by atoms with E-state index in [1.54, 1.807) is 30.0 Å². The van der Waals surface area contributed by atoms with E-state index in [1.807, 2.05) is 13.0 Å². The maximum absolute atomic E-state index is 12.9. The molecule has 0 aliphatic heterocycles. The summed E-state index contributed by atoms with van der Waals surface area (Å²) in [6.07, 6.45) is 2.44. The van der Waals surface area contributed by atoms with Crippen LogP contribution in [-0.4, -0.2) is 35.6 Å². The highest BCUT2D eigenvalue weighted by Gasteiger charge is 2.23. The molecule has 0 aliphatic carbocycles. The number of nitrogens with one attached hydrogen (secondary N) is 1. The lowest BCUT2D eigenvalue weighted by Crippen LogP contribution is -2.43. The van der Waals surface area contributed by atoms with Crippen molar-refractivity contribution in [2.75, 3.05) is 26.0 Å². The van der Waals surface area contributed by atoms with Gasteiger partial charge >= 0.3 is 0 Å². The van der Waals surface area contributed by atoms with Crippen molar-refractivity contribution < 1.29 is 14.1 Å². The molecule has 3 N–H and O–H groups in total. The van der Waals surface area contributed by atoms with Gasteiger partial charge in [-0.25, -0.2) is 4.57 Å². The van der Waals surface area contributed by atoms with Crippen molar-refractivity contribution in [3.8, 4) is 0 Å². The van der Waals surface area contributed by atoms with Crippen LogP contribution in [0.2, 0.25) is 0 Å². The molecule has 3 aromatic rings. The quantitative estimate of drug-likeness (QED) is 0.380.